The summed E-state index contributed by atoms with van der Waals surface area (Å²) in [6.45, 7) is 12.6. The highest BCUT2D eigenvalue weighted by molar-refractivity contribution is 7.11. The van der Waals surface area contributed by atoms with Crippen LogP contribution in [0.2, 0.25) is 0 Å². The fraction of sp³-hybridized carbons (Fsp3) is 0.277. The van der Waals surface area contributed by atoms with Crippen LogP contribution < -0.4 is 30.2 Å². The lowest BCUT2D eigenvalue weighted by atomic mass is 10.0. The van der Waals surface area contributed by atoms with Crippen molar-refractivity contribution in [2.24, 2.45) is 7.05 Å². The Bertz CT molecular complexity index is 4670. The van der Waals surface area contributed by atoms with E-state index in [0.717, 1.165) is 137 Å². The average Bonchev–Trinajstić information content (AvgIpc) is 2.57. The van der Waals surface area contributed by atoms with Crippen LogP contribution in [0.25, 0.3) is 50.7 Å². The number of ether oxygens (including phenoxy) is 3. The Labute approximate surface area is 507 Å². The summed E-state index contributed by atoms with van der Waals surface area (Å²) < 4.78 is 67.7. The number of aromatic nitrogens is 13. The zero-order chi connectivity index (χ0) is 60.3. The van der Waals surface area contributed by atoms with E-state index in [1.54, 1.807) is 48.1 Å². The third kappa shape index (κ3) is 10.7. The monoisotopic (exact) mass is 1200 g/mol. The molecule has 3 N–H and O–H groups in total. The molecule has 0 amide bonds. The van der Waals surface area contributed by atoms with E-state index in [9.17, 15) is 13.2 Å². The second-order valence-electron chi connectivity index (χ2n) is 22.3. The van der Waals surface area contributed by atoms with E-state index in [1.807, 2.05) is 95.6 Å². The van der Waals surface area contributed by atoms with Gasteiger partial charge in [-0.2, -0.15) is 5.10 Å². The quantitative estimate of drug-likeness (QED) is 0.0984. The van der Waals surface area contributed by atoms with Crippen LogP contribution in [0.4, 0.5) is 31.0 Å². The van der Waals surface area contributed by atoms with Crippen molar-refractivity contribution >= 4 is 46.1 Å². The van der Waals surface area contributed by atoms with Gasteiger partial charge in [-0.1, -0.05) is 6.07 Å². The lowest BCUT2D eigenvalue weighted by molar-refractivity contribution is 0.356. The fourth-order valence-electron chi connectivity index (χ4n) is 11.8. The van der Waals surface area contributed by atoms with Crippen LogP contribution in [-0.2, 0) is 45.9 Å². The molecule has 3 aromatic carbocycles. The summed E-state index contributed by atoms with van der Waals surface area (Å²) in [5.41, 5.74) is 16.2. The summed E-state index contributed by atoms with van der Waals surface area (Å²) in [6.07, 6.45) is 17.5. The molecule has 16 rings (SSSR count). The highest BCUT2D eigenvalue weighted by atomic mass is 32.1. The zero-order valence-electron chi connectivity index (χ0n) is 49.3. The van der Waals surface area contributed by atoms with E-state index in [1.165, 1.54) is 31.0 Å². The van der Waals surface area contributed by atoms with Crippen LogP contribution in [-0.4, -0.2) is 82.7 Å². The van der Waals surface area contributed by atoms with E-state index < -0.39 is 0 Å². The van der Waals surface area contributed by atoms with Gasteiger partial charge < -0.3 is 30.2 Å². The van der Waals surface area contributed by atoms with E-state index in [4.69, 9.17) is 19.2 Å². The van der Waals surface area contributed by atoms with Gasteiger partial charge in [-0.25, -0.2) is 48.1 Å². The minimum absolute atomic E-state index is 0.228. The molecular formula is C65H61F3N16O3S. The lowest BCUT2D eigenvalue weighted by Crippen LogP contribution is -2.10. The molecule has 0 atom stereocenters. The minimum atomic E-state index is -0.236. The lowest BCUT2D eigenvalue weighted by Gasteiger charge is -2.13. The summed E-state index contributed by atoms with van der Waals surface area (Å²) in [7, 11) is 1.96. The standard InChI is InChI=1S/C23H23FN6O.C21H20FN5OS.C21H18FN5O/c1-13-12-30-22(27-13)17(20-9-19(14-3-4-14)28-29(20)2)11-26-23(30)25-10-16-15-7-8-31-21(15)6-5-18(16)24;1-11-10-27-20(25-11)16(19-12(2)29-13(3)26-19)9-24-21(27)23-8-15-14-6-7-28-18(14)5-4-17(15)22;1-13-12-27-20(26-13)16(18-4-2-3-8-23-18)11-25-21(27)24-10-15-14-7-9-28-19(14)6-5-17(15)22/h5-6,9,11-12,14H,3-4,7-8,10H2,1-2H3,(H,25,26);4-5,9-10H,6-8H2,1-3H3,(H,23,24);2-6,8,11-12H,7,9-10H2,1H3,(H,24,25). The molecule has 1 saturated carbocycles. The van der Waals surface area contributed by atoms with Gasteiger partial charge >= 0.3 is 0 Å². The van der Waals surface area contributed by atoms with Gasteiger partial charge in [-0.05, 0) is 102 Å². The fourth-order valence-corrected chi connectivity index (χ4v) is 12.7. The molecular weight excluding hydrogens is 1140 g/mol. The van der Waals surface area contributed by atoms with Crippen LogP contribution in [0.5, 0.6) is 17.2 Å². The van der Waals surface area contributed by atoms with E-state index in [0.29, 0.717) is 79.9 Å². The van der Waals surface area contributed by atoms with Gasteiger partial charge in [0.2, 0.25) is 17.8 Å². The maximum atomic E-state index is 14.5. The number of aryl methyl sites for hydroxylation is 6. The second-order valence-corrected chi connectivity index (χ2v) is 23.7. The van der Waals surface area contributed by atoms with Crippen LogP contribution in [0.15, 0.2) is 104 Å². The van der Waals surface area contributed by atoms with Crippen molar-refractivity contribution in [3.8, 4) is 51.0 Å². The van der Waals surface area contributed by atoms with Crippen LogP contribution in [0.1, 0.15) is 84.8 Å². The largest absolute Gasteiger partial charge is 0.493 e. The number of pyridine rings is 1. The molecule has 0 saturated heterocycles. The molecule has 19 nitrogen and oxygen atoms in total. The minimum Gasteiger partial charge on any atom is -0.493 e. The molecule has 4 aliphatic rings. The Morgan fingerprint density at radius 2 is 1.00 bits per heavy atom. The Morgan fingerprint density at radius 1 is 0.545 bits per heavy atom. The van der Waals surface area contributed by atoms with Crippen molar-refractivity contribution in [1.29, 1.82) is 0 Å². The van der Waals surface area contributed by atoms with Gasteiger partial charge in [-0.3, -0.25) is 22.9 Å². The first-order valence-corrected chi connectivity index (χ1v) is 30.1. The van der Waals surface area contributed by atoms with Crippen LogP contribution >= 0.6 is 11.3 Å². The summed E-state index contributed by atoms with van der Waals surface area (Å²) in [4.78, 5) is 38.1. The Kier molecular flexibility index (Phi) is 14.7. The molecule has 88 heavy (non-hydrogen) atoms. The number of nitrogens with zero attached hydrogens (tertiary/aromatic N) is 13. The third-order valence-electron chi connectivity index (χ3n) is 16.2. The van der Waals surface area contributed by atoms with E-state index in [-0.39, 0.29) is 17.5 Å². The SMILES string of the molecule is Cc1cn2c(NCc3c(F)ccc4c3CCO4)ncc(-c3cc(C4CC4)nn3C)c2n1.Cc1cn2c(NCc3c(F)ccc4c3CCO4)ncc(-c3ccccn3)c2n1.Cc1cn2c(NCc3c(F)ccc4c3CCO4)ncc(-c3nc(C)sc3C)c2n1. The predicted octanol–water partition coefficient (Wildman–Crippen LogP) is 12.3. The Balaban J connectivity index is 0.000000116. The molecule has 9 aromatic heterocycles. The maximum Gasteiger partial charge on any atom is 0.208 e. The number of halogens is 3. The molecule has 12 aromatic rings. The summed E-state index contributed by atoms with van der Waals surface area (Å²) in [6, 6.07) is 17.4. The first kappa shape index (κ1) is 55.9. The molecule has 1 aliphatic carbocycles. The van der Waals surface area contributed by atoms with Crippen molar-refractivity contribution in [2.75, 3.05) is 35.8 Å². The molecule has 0 bridgehead atoms. The maximum absolute atomic E-state index is 14.5. The first-order valence-electron chi connectivity index (χ1n) is 29.2. The molecule has 0 spiro atoms. The first-order chi connectivity index (χ1) is 42.8. The molecule has 12 heterocycles. The van der Waals surface area contributed by atoms with Crippen molar-refractivity contribution in [3.63, 3.8) is 0 Å². The van der Waals surface area contributed by atoms with Gasteiger partial charge in [-0.15, -0.1) is 11.3 Å². The molecule has 23 heteroatoms. The summed E-state index contributed by atoms with van der Waals surface area (Å²) in [5.74, 6) is 4.03. The van der Waals surface area contributed by atoms with Crippen molar-refractivity contribution < 1.29 is 27.4 Å². The van der Waals surface area contributed by atoms with Crippen LogP contribution in [0, 0.1) is 52.1 Å². The smallest absolute Gasteiger partial charge is 0.208 e. The van der Waals surface area contributed by atoms with Gasteiger partial charge in [0.15, 0.2) is 16.9 Å². The van der Waals surface area contributed by atoms with Gasteiger partial charge in [0.05, 0.1) is 81.4 Å². The highest BCUT2D eigenvalue weighted by Crippen LogP contribution is 2.41. The molecule has 0 unspecified atom stereocenters. The Morgan fingerprint density at radius 3 is 1.44 bits per heavy atom. The zero-order valence-corrected chi connectivity index (χ0v) is 50.1. The van der Waals surface area contributed by atoms with Crippen molar-refractivity contribution in [1.82, 2.24) is 62.9 Å². The van der Waals surface area contributed by atoms with E-state index >= 15 is 0 Å². The predicted molar refractivity (Wildman–Crippen MR) is 330 cm³/mol. The molecule has 0 radical (unpaired) electrons. The van der Waals surface area contributed by atoms with Gasteiger partial charge in [0.25, 0.3) is 0 Å². The van der Waals surface area contributed by atoms with Gasteiger partial charge in [0, 0.05) is 133 Å². The number of imidazole rings is 3. The molecule has 1 fully saturated rings. The normalized spacial score (nSPS) is 13.7. The number of hydrogen-bond donors (Lipinski definition) is 3. The highest BCUT2D eigenvalue weighted by Gasteiger charge is 2.29. The Hall–Kier alpha value is -9.90. The number of thiazole rings is 1. The average molecular weight is 1200 g/mol. The number of rotatable bonds is 13. The van der Waals surface area contributed by atoms with Gasteiger partial charge in [0.1, 0.15) is 34.7 Å². The number of nitrogens with one attached hydrogen (secondary N) is 3. The third-order valence-corrected chi connectivity index (χ3v) is 17.1. The second kappa shape index (κ2) is 23.1. The number of fused-ring (bicyclic) bond motifs is 6. The van der Waals surface area contributed by atoms with E-state index in [2.05, 4.69) is 68.9 Å². The molecule has 3 aliphatic heterocycles. The van der Waals surface area contributed by atoms with Crippen molar-refractivity contribution in [2.45, 2.75) is 92.3 Å². The summed E-state index contributed by atoms with van der Waals surface area (Å²) >= 11 is 1.66. The topological polar surface area (TPSA) is 198 Å². The number of benzene rings is 3. The van der Waals surface area contributed by atoms with Crippen LogP contribution in [0.3, 0.4) is 0 Å². The number of anilines is 3. The van der Waals surface area contributed by atoms with Crippen molar-refractivity contribution in [3.05, 3.63) is 188 Å². The number of hydrogen-bond acceptors (Lipinski definition) is 16. The molecule has 446 valence electrons. The summed E-state index contributed by atoms with van der Waals surface area (Å²) in [5, 5.41) is 15.6.